The molecule has 2 rings (SSSR count). The molecular weight excluding hydrogens is 254 g/mol. The maximum atomic E-state index is 5.41. The quantitative estimate of drug-likeness (QED) is 0.850. The first-order valence-electron chi connectivity index (χ1n) is 7.41. The fourth-order valence-corrected chi connectivity index (χ4v) is 3.62. The molecule has 0 amide bonds. The normalized spacial score (nSPS) is 18.4. The second-order valence-corrected chi connectivity index (χ2v) is 6.39. The second-order valence-electron chi connectivity index (χ2n) is 5.02. The van der Waals surface area contributed by atoms with Gasteiger partial charge < -0.3 is 10.1 Å². The molecule has 0 radical (unpaired) electrons. The zero-order valence-electron chi connectivity index (χ0n) is 12.0. The highest BCUT2D eigenvalue weighted by atomic mass is 32.2. The van der Waals surface area contributed by atoms with Crippen molar-refractivity contribution in [3.8, 4) is 0 Å². The first-order valence-corrected chi connectivity index (χ1v) is 8.29. The van der Waals surface area contributed by atoms with Gasteiger partial charge in [0.05, 0.1) is 0 Å². The van der Waals surface area contributed by atoms with E-state index in [0.29, 0.717) is 6.04 Å². The van der Waals surface area contributed by atoms with Crippen molar-refractivity contribution >= 4 is 11.8 Å². The van der Waals surface area contributed by atoms with Crippen molar-refractivity contribution in [2.45, 2.75) is 49.3 Å². The van der Waals surface area contributed by atoms with Gasteiger partial charge in [0.1, 0.15) is 0 Å². The summed E-state index contributed by atoms with van der Waals surface area (Å²) in [6.07, 6.45) is 3.50. The summed E-state index contributed by atoms with van der Waals surface area (Å²) >= 11 is 2.01. The maximum Gasteiger partial charge on any atom is 0.0476 e. The van der Waals surface area contributed by atoms with Crippen molar-refractivity contribution in [2.75, 3.05) is 19.8 Å². The molecule has 1 unspecified atom stereocenters. The molecule has 3 heteroatoms. The Balaban J connectivity index is 1.93. The molecule has 1 fully saturated rings. The Bertz CT molecular complexity index is 360. The molecule has 1 N–H and O–H groups in total. The van der Waals surface area contributed by atoms with Gasteiger partial charge in [-0.15, -0.1) is 11.8 Å². The van der Waals surface area contributed by atoms with E-state index in [-0.39, 0.29) is 0 Å². The Kier molecular flexibility index (Phi) is 6.21. The van der Waals surface area contributed by atoms with E-state index in [9.17, 15) is 0 Å². The Labute approximate surface area is 121 Å². The summed E-state index contributed by atoms with van der Waals surface area (Å²) in [5, 5.41) is 4.26. The fourth-order valence-electron chi connectivity index (χ4n) is 2.51. The average molecular weight is 279 g/mol. The van der Waals surface area contributed by atoms with Gasteiger partial charge in [-0.3, -0.25) is 0 Å². The fraction of sp³-hybridized carbons (Fsp3) is 0.625. The highest BCUT2D eigenvalue weighted by Crippen LogP contribution is 2.30. The van der Waals surface area contributed by atoms with Crippen molar-refractivity contribution in [3.05, 3.63) is 29.8 Å². The first-order chi connectivity index (χ1) is 9.33. The van der Waals surface area contributed by atoms with Crippen LogP contribution in [0, 0.1) is 0 Å². The molecule has 0 aromatic heterocycles. The topological polar surface area (TPSA) is 21.3 Å². The third kappa shape index (κ3) is 4.51. The van der Waals surface area contributed by atoms with Crippen LogP contribution in [-0.4, -0.2) is 25.0 Å². The number of nitrogens with one attached hydrogen (secondary N) is 1. The van der Waals surface area contributed by atoms with E-state index in [2.05, 4.69) is 43.4 Å². The van der Waals surface area contributed by atoms with Gasteiger partial charge in [0.25, 0.3) is 0 Å². The summed E-state index contributed by atoms with van der Waals surface area (Å²) in [6.45, 7) is 7.27. The van der Waals surface area contributed by atoms with E-state index in [0.717, 1.165) is 31.4 Å². The predicted octanol–water partition coefficient (Wildman–Crippen LogP) is 4.02. The molecule has 0 bridgehead atoms. The van der Waals surface area contributed by atoms with Crippen LogP contribution in [-0.2, 0) is 4.74 Å². The lowest BCUT2D eigenvalue weighted by Crippen LogP contribution is -2.20. The molecule has 1 heterocycles. The molecular formula is C16H25NOS. The van der Waals surface area contributed by atoms with Crippen LogP contribution in [0.4, 0.5) is 0 Å². The number of ether oxygens (including phenoxy) is 1. The SMILES string of the molecule is CCNC(CC)c1ccc(SC2CCOCC2)cc1. The molecule has 0 saturated carbocycles. The third-order valence-corrected chi connectivity index (χ3v) is 4.96. The lowest BCUT2D eigenvalue weighted by atomic mass is 10.0. The number of rotatable bonds is 6. The molecule has 1 atom stereocenters. The molecule has 0 aliphatic carbocycles. The van der Waals surface area contributed by atoms with E-state index in [1.54, 1.807) is 0 Å². The molecule has 1 aromatic carbocycles. The van der Waals surface area contributed by atoms with Crippen LogP contribution in [0.2, 0.25) is 0 Å². The van der Waals surface area contributed by atoms with E-state index >= 15 is 0 Å². The largest absolute Gasteiger partial charge is 0.381 e. The molecule has 0 spiro atoms. The zero-order chi connectivity index (χ0) is 13.5. The minimum absolute atomic E-state index is 0.493. The van der Waals surface area contributed by atoms with Gasteiger partial charge in [-0.1, -0.05) is 26.0 Å². The molecule has 2 nitrogen and oxygen atoms in total. The molecule has 1 aromatic rings. The van der Waals surface area contributed by atoms with E-state index in [4.69, 9.17) is 4.74 Å². The lowest BCUT2D eigenvalue weighted by Gasteiger charge is -2.22. The average Bonchev–Trinajstić information content (AvgIpc) is 2.47. The Hall–Kier alpha value is -0.510. The van der Waals surface area contributed by atoms with Crippen LogP contribution >= 0.6 is 11.8 Å². The zero-order valence-corrected chi connectivity index (χ0v) is 12.8. The Morgan fingerprint density at radius 2 is 1.89 bits per heavy atom. The first kappa shape index (κ1) is 14.9. The Morgan fingerprint density at radius 3 is 2.47 bits per heavy atom. The number of hydrogen-bond donors (Lipinski definition) is 1. The van der Waals surface area contributed by atoms with E-state index in [1.165, 1.54) is 23.3 Å². The van der Waals surface area contributed by atoms with Crippen LogP contribution in [0.1, 0.15) is 44.7 Å². The highest BCUT2D eigenvalue weighted by Gasteiger charge is 2.15. The molecule has 106 valence electrons. The minimum Gasteiger partial charge on any atom is -0.381 e. The van der Waals surface area contributed by atoms with Gasteiger partial charge in [-0.25, -0.2) is 0 Å². The smallest absolute Gasteiger partial charge is 0.0476 e. The van der Waals surface area contributed by atoms with Crippen molar-refractivity contribution in [3.63, 3.8) is 0 Å². The summed E-state index contributed by atoms with van der Waals surface area (Å²) < 4.78 is 5.41. The van der Waals surface area contributed by atoms with Crippen LogP contribution in [0.5, 0.6) is 0 Å². The standard InChI is InChI=1S/C16H25NOS/c1-3-16(17-4-2)13-5-7-14(8-6-13)19-15-9-11-18-12-10-15/h5-8,15-17H,3-4,9-12H2,1-2H3. The van der Waals surface area contributed by atoms with E-state index in [1.807, 2.05) is 11.8 Å². The maximum absolute atomic E-state index is 5.41. The second kappa shape index (κ2) is 7.93. The molecule has 1 saturated heterocycles. The van der Waals surface area contributed by atoms with Gasteiger partial charge in [-0.05, 0) is 43.5 Å². The highest BCUT2D eigenvalue weighted by molar-refractivity contribution is 8.00. The third-order valence-electron chi connectivity index (χ3n) is 3.61. The van der Waals surface area contributed by atoms with Gasteiger partial charge in [-0.2, -0.15) is 0 Å². The molecule has 1 aliphatic rings. The minimum atomic E-state index is 0.493. The van der Waals surface area contributed by atoms with Crippen LogP contribution < -0.4 is 5.32 Å². The number of hydrogen-bond acceptors (Lipinski definition) is 3. The summed E-state index contributed by atoms with van der Waals surface area (Å²) in [6, 6.07) is 9.59. The number of benzene rings is 1. The van der Waals surface area contributed by atoms with Crippen molar-refractivity contribution < 1.29 is 4.74 Å². The van der Waals surface area contributed by atoms with Crippen molar-refractivity contribution in [1.29, 1.82) is 0 Å². The molecule has 1 aliphatic heterocycles. The predicted molar refractivity (Wildman–Crippen MR) is 82.8 cm³/mol. The summed E-state index contributed by atoms with van der Waals surface area (Å²) in [4.78, 5) is 1.39. The van der Waals surface area contributed by atoms with Crippen LogP contribution in [0.25, 0.3) is 0 Å². The van der Waals surface area contributed by atoms with Crippen LogP contribution in [0.15, 0.2) is 29.2 Å². The van der Waals surface area contributed by atoms with Gasteiger partial charge in [0.2, 0.25) is 0 Å². The van der Waals surface area contributed by atoms with Crippen molar-refractivity contribution in [2.24, 2.45) is 0 Å². The summed E-state index contributed by atoms with van der Waals surface area (Å²) in [5.41, 5.74) is 1.40. The molecule has 19 heavy (non-hydrogen) atoms. The number of thioether (sulfide) groups is 1. The monoisotopic (exact) mass is 279 g/mol. The van der Waals surface area contributed by atoms with Gasteiger partial charge >= 0.3 is 0 Å². The lowest BCUT2D eigenvalue weighted by molar-refractivity contribution is 0.100. The van der Waals surface area contributed by atoms with E-state index < -0.39 is 0 Å². The van der Waals surface area contributed by atoms with Gasteiger partial charge in [0.15, 0.2) is 0 Å². The van der Waals surface area contributed by atoms with Crippen molar-refractivity contribution in [1.82, 2.24) is 5.32 Å². The van der Waals surface area contributed by atoms with Gasteiger partial charge in [0, 0.05) is 29.4 Å². The Morgan fingerprint density at radius 1 is 1.21 bits per heavy atom. The van der Waals surface area contributed by atoms with Crippen LogP contribution in [0.3, 0.4) is 0 Å². The summed E-state index contributed by atoms with van der Waals surface area (Å²) in [5.74, 6) is 0. The summed E-state index contributed by atoms with van der Waals surface area (Å²) in [7, 11) is 0.